The molecule has 0 saturated carbocycles. The Morgan fingerprint density at radius 2 is 1.20 bits per heavy atom. The van der Waals surface area contributed by atoms with Gasteiger partial charge >= 0.3 is 5.97 Å². The minimum atomic E-state index is -0.133. The Balaban J connectivity index is 0. The van der Waals surface area contributed by atoms with Crippen molar-refractivity contribution in [1.29, 1.82) is 0 Å². The normalized spacial score (nSPS) is 11.3. The summed E-state index contributed by atoms with van der Waals surface area (Å²) in [7, 11) is 3.99. The standard InChI is InChI=1S/C24H50NO4.ClH/c1-4-5-6-7-8-9-10-11-12-13-14-15-16-17-20-29-24(27)23-25(2,3)18-21-28-22-19-26;/h26H,4-23H2,1-3H3;1H/q+1;/p-1. The van der Waals surface area contributed by atoms with Gasteiger partial charge in [-0.1, -0.05) is 90.4 Å². The smallest absolute Gasteiger partial charge is 0.361 e. The number of unbranched alkanes of at least 4 members (excludes halogenated alkanes) is 13. The minimum absolute atomic E-state index is 0. The maximum absolute atomic E-state index is 12.0. The first-order valence-electron chi connectivity index (χ1n) is 12.2. The molecule has 0 radical (unpaired) electrons. The molecule has 0 fully saturated rings. The molecule has 6 heteroatoms. The van der Waals surface area contributed by atoms with Crippen molar-refractivity contribution >= 4 is 5.97 Å². The van der Waals surface area contributed by atoms with Crippen LogP contribution in [0.25, 0.3) is 0 Å². The van der Waals surface area contributed by atoms with Crippen molar-refractivity contribution in [3.63, 3.8) is 0 Å². The van der Waals surface area contributed by atoms with Crippen LogP contribution in [0.15, 0.2) is 0 Å². The first-order chi connectivity index (χ1) is 14.0. The molecule has 0 bridgehead atoms. The van der Waals surface area contributed by atoms with Crippen LogP contribution in [-0.2, 0) is 14.3 Å². The highest BCUT2D eigenvalue weighted by molar-refractivity contribution is 5.70. The monoisotopic (exact) mass is 451 g/mol. The molecule has 0 unspecified atom stereocenters. The van der Waals surface area contributed by atoms with E-state index in [2.05, 4.69) is 6.92 Å². The zero-order valence-electron chi connectivity index (χ0n) is 20.1. The number of aliphatic hydroxyl groups is 1. The summed E-state index contributed by atoms with van der Waals surface area (Å²) in [6.45, 7) is 4.83. The van der Waals surface area contributed by atoms with Crippen LogP contribution in [0, 0.1) is 0 Å². The number of carbonyl (C=O) groups is 1. The number of hydrogen-bond acceptors (Lipinski definition) is 4. The van der Waals surface area contributed by atoms with E-state index >= 15 is 0 Å². The number of hydrogen-bond donors (Lipinski definition) is 1. The van der Waals surface area contributed by atoms with Gasteiger partial charge in [0.1, 0.15) is 6.54 Å². The summed E-state index contributed by atoms with van der Waals surface area (Å²) in [6.07, 6.45) is 18.6. The third kappa shape index (κ3) is 23.9. The second-order valence-corrected chi connectivity index (χ2v) is 8.97. The highest BCUT2D eigenvalue weighted by Crippen LogP contribution is 2.13. The van der Waals surface area contributed by atoms with Gasteiger partial charge in [0.05, 0.1) is 40.5 Å². The maximum atomic E-state index is 12.0. The molecule has 0 saturated heterocycles. The van der Waals surface area contributed by atoms with Crippen molar-refractivity contribution in [1.82, 2.24) is 0 Å². The Morgan fingerprint density at radius 1 is 0.733 bits per heavy atom. The Morgan fingerprint density at radius 3 is 1.67 bits per heavy atom. The Hall–Kier alpha value is -0.360. The summed E-state index contributed by atoms with van der Waals surface area (Å²) in [5.41, 5.74) is 0. The van der Waals surface area contributed by atoms with Gasteiger partial charge < -0.3 is 31.5 Å². The molecule has 0 aliphatic rings. The molecule has 0 aromatic heterocycles. The molecule has 1 N–H and O–H groups in total. The number of halogens is 1. The van der Waals surface area contributed by atoms with Gasteiger partial charge in [-0.2, -0.15) is 0 Å². The van der Waals surface area contributed by atoms with Crippen LogP contribution in [0.2, 0.25) is 0 Å². The summed E-state index contributed by atoms with van der Waals surface area (Å²) in [4.78, 5) is 12.0. The van der Waals surface area contributed by atoms with Gasteiger partial charge in [-0.25, -0.2) is 4.79 Å². The fourth-order valence-electron chi connectivity index (χ4n) is 3.44. The second-order valence-electron chi connectivity index (χ2n) is 8.97. The van der Waals surface area contributed by atoms with E-state index in [9.17, 15) is 4.79 Å². The molecule has 0 aliphatic carbocycles. The SMILES string of the molecule is CCCCCCCCCCCCCCCCOC(=O)C[N+](C)(C)CCOCCO.[Cl-]. The number of quaternary nitrogens is 1. The fourth-order valence-corrected chi connectivity index (χ4v) is 3.44. The van der Waals surface area contributed by atoms with Gasteiger partial charge in [0.2, 0.25) is 0 Å². The molecule has 0 amide bonds. The second kappa shape index (κ2) is 23.3. The molecular formula is C24H50ClNO4. The van der Waals surface area contributed by atoms with Gasteiger partial charge in [-0.15, -0.1) is 0 Å². The van der Waals surface area contributed by atoms with Crippen LogP contribution in [0.3, 0.4) is 0 Å². The molecule has 0 aliphatic heterocycles. The van der Waals surface area contributed by atoms with Crippen molar-refractivity contribution in [3.8, 4) is 0 Å². The predicted molar refractivity (Wildman–Crippen MR) is 121 cm³/mol. The van der Waals surface area contributed by atoms with Crippen LogP contribution in [0.4, 0.5) is 0 Å². The Labute approximate surface area is 192 Å². The number of rotatable bonds is 22. The largest absolute Gasteiger partial charge is 1.00 e. The zero-order chi connectivity index (χ0) is 21.6. The van der Waals surface area contributed by atoms with Crippen LogP contribution >= 0.6 is 0 Å². The average molecular weight is 452 g/mol. The molecule has 0 heterocycles. The molecular weight excluding hydrogens is 402 g/mol. The molecule has 182 valence electrons. The topological polar surface area (TPSA) is 55.8 Å². The Kier molecular flexibility index (Phi) is 24.7. The summed E-state index contributed by atoms with van der Waals surface area (Å²) in [5.74, 6) is -0.133. The van der Waals surface area contributed by atoms with Crippen LogP contribution in [0.1, 0.15) is 96.8 Å². The molecule has 0 rings (SSSR count). The number of likely N-dealkylation sites (N-methyl/N-ethyl adjacent to an activating group) is 1. The van der Waals surface area contributed by atoms with Gasteiger partial charge in [0, 0.05) is 0 Å². The summed E-state index contributed by atoms with van der Waals surface area (Å²) >= 11 is 0. The van der Waals surface area contributed by atoms with E-state index in [0.717, 1.165) is 19.4 Å². The van der Waals surface area contributed by atoms with Crippen molar-refractivity contribution < 1.29 is 36.3 Å². The van der Waals surface area contributed by atoms with E-state index in [1.165, 1.54) is 77.0 Å². The summed E-state index contributed by atoms with van der Waals surface area (Å²) in [6, 6.07) is 0. The summed E-state index contributed by atoms with van der Waals surface area (Å²) < 4.78 is 11.2. The first kappa shape index (κ1) is 31.8. The van der Waals surface area contributed by atoms with E-state index in [4.69, 9.17) is 14.6 Å². The first-order valence-corrected chi connectivity index (χ1v) is 12.2. The minimum Gasteiger partial charge on any atom is -1.00 e. The van der Waals surface area contributed by atoms with Gasteiger partial charge in [0.25, 0.3) is 0 Å². The number of nitrogens with zero attached hydrogens (tertiary/aromatic N) is 1. The lowest BCUT2D eigenvalue weighted by molar-refractivity contribution is -0.883. The van der Waals surface area contributed by atoms with E-state index < -0.39 is 0 Å². The molecule has 30 heavy (non-hydrogen) atoms. The predicted octanol–water partition coefficient (Wildman–Crippen LogP) is 2.10. The quantitative estimate of drug-likeness (QED) is 0.155. The average Bonchev–Trinajstić information content (AvgIpc) is 2.68. The molecule has 0 atom stereocenters. The molecule has 0 aromatic rings. The van der Waals surface area contributed by atoms with Crippen LogP contribution in [0.5, 0.6) is 0 Å². The third-order valence-corrected chi connectivity index (χ3v) is 5.39. The summed E-state index contributed by atoms with van der Waals surface area (Å²) in [5, 5.41) is 8.70. The van der Waals surface area contributed by atoms with Crippen molar-refractivity contribution in [2.75, 3.05) is 53.6 Å². The lowest BCUT2D eigenvalue weighted by atomic mass is 10.0. The molecule has 5 nitrogen and oxygen atoms in total. The fraction of sp³-hybridized carbons (Fsp3) is 0.958. The number of aliphatic hydroxyl groups excluding tert-OH is 1. The van der Waals surface area contributed by atoms with Crippen molar-refractivity contribution in [3.05, 3.63) is 0 Å². The molecule has 0 aromatic carbocycles. The zero-order valence-corrected chi connectivity index (χ0v) is 20.9. The molecule has 0 spiro atoms. The van der Waals surface area contributed by atoms with E-state index in [1.807, 2.05) is 14.1 Å². The van der Waals surface area contributed by atoms with Gasteiger partial charge in [-0.05, 0) is 6.42 Å². The lowest BCUT2D eigenvalue weighted by Gasteiger charge is -2.28. The number of carbonyl (C=O) groups excluding carboxylic acids is 1. The van der Waals surface area contributed by atoms with Crippen LogP contribution < -0.4 is 12.4 Å². The lowest BCUT2D eigenvalue weighted by Crippen LogP contribution is -3.00. The third-order valence-electron chi connectivity index (χ3n) is 5.39. The van der Waals surface area contributed by atoms with E-state index in [0.29, 0.717) is 30.8 Å². The van der Waals surface area contributed by atoms with E-state index in [-0.39, 0.29) is 25.0 Å². The van der Waals surface area contributed by atoms with Crippen molar-refractivity contribution in [2.45, 2.75) is 96.8 Å². The Bertz CT molecular complexity index is 367. The van der Waals surface area contributed by atoms with Crippen LogP contribution in [-0.4, -0.2) is 69.2 Å². The van der Waals surface area contributed by atoms with Gasteiger partial charge in [0.15, 0.2) is 6.54 Å². The number of ether oxygens (including phenoxy) is 2. The maximum Gasteiger partial charge on any atom is 0.361 e. The number of esters is 1. The van der Waals surface area contributed by atoms with Gasteiger partial charge in [-0.3, -0.25) is 0 Å². The van der Waals surface area contributed by atoms with Crippen molar-refractivity contribution in [2.24, 2.45) is 0 Å². The highest BCUT2D eigenvalue weighted by atomic mass is 35.5. The van der Waals surface area contributed by atoms with E-state index in [1.54, 1.807) is 0 Å². The highest BCUT2D eigenvalue weighted by Gasteiger charge is 2.20.